The molecular formula is C15H31NO4S. The van der Waals surface area contributed by atoms with Crippen LogP contribution in [0.4, 0.5) is 0 Å². The van der Waals surface area contributed by atoms with E-state index in [4.69, 9.17) is 0 Å². The van der Waals surface area contributed by atoms with E-state index >= 15 is 0 Å². The van der Waals surface area contributed by atoms with Crippen LogP contribution in [0.2, 0.25) is 0 Å². The number of hydrogen-bond donors (Lipinski definition) is 1. The standard InChI is InChI=1S/C15H31NO4S/c1-11(2)7-16(8-12(3)4)15(18)10-21(19,20)14(9-17)13(5)6/h11-14,17H,7-10H2,1-6H3. The molecule has 0 aromatic heterocycles. The molecule has 0 aromatic carbocycles. The molecule has 0 spiro atoms. The van der Waals surface area contributed by atoms with Crippen LogP contribution < -0.4 is 0 Å². The number of rotatable bonds is 9. The number of nitrogens with zero attached hydrogens (tertiary/aromatic N) is 1. The summed E-state index contributed by atoms with van der Waals surface area (Å²) >= 11 is 0. The first-order valence-electron chi connectivity index (χ1n) is 7.61. The van der Waals surface area contributed by atoms with Crippen molar-refractivity contribution in [2.24, 2.45) is 17.8 Å². The van der Waals surface area contributed by atoms with Crippen LogP contribution in [-0.4, -0.2) is 55.0 Å². The van der Waals surface area contributed by atoms with Crippen molar-refractivity contribution in [3.8, 4) is 0 Å². The fourth-order valence-electron chi connectivity index (χ4n) is 2.27. The van der Waals surface area contributed by atoms with E-state index in [2.05, 4.69) is 0 Å². The Balaban J connectivity index is 5.03. The first-order valence-corrected chi connectivity index (χ1v) is 9.33. The van der Waals surface area contributed by atoms with Gasteiger partial charge in [-0.1, -0.05) is 41.5 Å². The third kappa shape index (κ3) is 7.27. The van der Waals surface area contributed by atoms with Crippen LogP contribution in [0.3, 0.4) is 0 Å². The Morgan fingerprint density at radius 1 is 1.00 bits per heavy atom. The number of hydrogen-bond acceptors (Lipinski definition) is 4. The SMILES string of the molecule is CC(C)CN(CC(C)C)C(=O)CS(=O)(=O)C(CO)C(C)C. The van der Waals surface area contributed by atoms with Gasteiger partial charge in [-0.05, 0) is 17.8 Å². The quantitative estimate of drug-likeness (QED) is 0.699. The van der Waals surface area contributed by atoms with Gasteiger partial charge >= 0.3 is 0 Å². The lowest BCUT2D eigenvalue weighted by atomic mass is 10.1. The topological polar surface area (TPSA) is 74.7 Å². The van der Waals surface area contributed by atoms with Gasteiger partial charge in [0.05, 0.1) is 11.9 Å². The summed E-state index contributed by atoms with van der Waals surface area (Å²) in [5, 5.41) is 8.40. The minimum absolute atomic E-state index is 0.212. The molecule has 6 heteroatoms. The molecule has 1 N–H and O–H groups in total. The van der Waals surface area contributed by atoms with Gasteiger partial charge in [-0.15, -0.1) is 0 Å². The van der Waals surface area contributed by atoms with E-state index in [-0.39, 0.29) is 23.7 Å². The molecule has 5 nitrogen and oxygen atoms in total. The molecule has 0 fully saturated rings. The van der Waals surface area contributed by atoms with Gasteiger partial charge in [-0.25, -0.2) is 8.42 Å². The van der Waals surface area contributed by atoms with E-state index in [0.717, 1.165) is 0 Å². The molecule has 0 aliphatic heterocycles. The molecule has 0 aliphatic rings. The molecule has 0 saturated heterocycles. The van der Waals surface area contributed by atoms with Gasteiger partial charge in [0.15, 0.2) is 9.84 Å². The van der Waals surface area contributed by atoms with Crippen molar-refractivity contribution in [2.75, 3.05) is 25.4 Å². The molecule has 0 saturated carbocycles. The monoisotopic (exact) mass is 321 g/mol. The lowest BCUT2D eigenvalue weighted by Gasteiger charge is -2.27. The number of amides is 1. The van der Waals surface area contributed by atoms with E-state index in [0.29, 0.717) is 13.1 Å². The Kier molecular flexibility index (Phi) is 8.48. The van der Waals surface area contributed by atoms with E-state index < -0.39 is 27.4 Å². The Labute approximate surface area is 129 Å². The zero-order valence-electron chi connectivity index (χ0n) is 14.2. The minimum atomic E-state index is -3.63. The second-order valence-electron chi connectivity index (χ2n) is 6.86. The third-order valence-electron chi connectivity index (χ3n) is 3.23. The average Bonchev–Trinajstić information content (AvgIpc) is 2.25. The third-order valence-corrected chi connectivity index (χ3v) is 5.50. The van der Waals surface area contributed by atoms with Crippen molar-refractivity contribution in [1.82, 2.24) is 4.90 Å². The Morgan fingerprint density at radius 2 is 1.43 bits per heavy atom. The zero-order valence-corrected chi connectivity index (χ0v) is 15.0. The second-order valence-corrected chi connectivity index (χ2v) is 9.08. The molecule has 21 heavy (non-hydrogen) atoms. The maximum Gasteiger partial charge on any atom is 0.237 e. The van der Waals surface area contributed by atoms with Crippen molar-refractivity contribution < 1.29 is 18.3 Å². The molecule has 0 bridgehead atoms. The molecular weight excluding hydrogens is 290 g/mol. The minimum Gasteiger partial charge on any atom is -0.395 e. The van der Waals surface area contributed by atoms with Crippen molar-refractivity contribution in [2.45, 2.75) is 46.8 Å². The average molecular weight is 321 g/mol. The molecule has 0 aliphatic carbocycles. The van der Waals surface area contributed by atoms with Crippen molar-refractivity contribution in [3.63, 3.8) is 0 Å². The van der Waals surface area contributed by atoms with Gasteiger partial charge in [0.2, 0.25) is 5.91 Å². The fraction of sp³-hybridized carbons (Fsp3) is 0.933. The maximum absolute atomic E-state index is 12.3. The number of carbonyl (C=O) groups is 1. The van der Waals surface area contributed by atoms with Gasteiger partial charge in [-0.3, -0.25) is 4.79 Å². The van der Waals surface area contributed by atoms with Crippen LogP contribution in [0, 0.1) is 17.8 Å². The van der Waals surface area contributed by atoms with Crippen molar-refractivity contribution in [1.29, 1.82) is 0 Å². The summed E-state index contributed by atoms with van der Waals surface area (Å²) in [4.78, 5) is 14.0. The predicted octanol–water partition coefficient (Wildman–Crippen LogP) is 1.56. The summed E-state index contributed by atoms with van der Waals surface area (Å²) in [6.07, 6.45) is 0. The second kappa shape index (κ2) is 8.73. The number of aliphatic hydroxyl groups is 1. The van der Waals surface area contributed by atoms with Crippen molar-refractivity contribution in [3.05, 3.63) is 0 Å². The van der Waals surface area contributed by atoms with Crippen LogP contribution >= 0.6 is 0 Å². The number of aliphatic hydroxyl groups excluding tert-OH is 1. The van der Waals surface area contributed by atoms with Crippen LogP contribution in [0.25, 0.3) is 0 Å². The maximum atomic E-state index is 12.3. The Bertz CT molecular complexity index is 405. The van der Waals surface area contributed by atoms with Gasteiger partial charge in [0.1, 0.15) is 5.75 Å². The Hall–Kier alpha value is -0.620. The molecule has 0 aromatic rings. The largest absolute Gasteiger partial charge is 0.395 e. The first kappa shape index (κ1) is 20.4. The summed E-state index contributed by atoms with van der Waals surface area (Å²) in [6, 6.07) is 0. The van der Waals surface area contributed by atoms with Gasteiger partial charge in [0.25, 0.3) is 0 Å². The number of sulfone groups is 1. The highest BCUT2D eigenvalue weighted by molar-refractivity contribution is 7.92. The van der Waals surface area contributed by atoms with E-state index in [9.17, 15) is 18.3 Å². The van der Waals surface area contributed by atoms with Crippen LogP contribution in [0.5, 0.6) is 0 Å². The summed E-state index contributed by atoms with van der Waals surface area (Å²) < 4.78 is 24.6. The summed E-state index contributed by atoms with van der Waals surface area (Å²) in [7, 11) is -3.63. The zero-order chi connectivity index (χ0) is 16.8. The highest BCUT2D eigenvalue weighted by atomic mass is 32.2. The number of carbonyl (C=O) groups excluding carboxylic acids is 1. The van der Waals surface area contributed by atoms with E-state index in [1.165, 1.54) is 0 Å². The normalized spacial score (nSPS) is 14.0. The van der Waals surface area contributed by atoms with Crippen LogP contribution in [0.15, 0.2) is 0 Å². The lowest BCUT2D eigenvalue weighted by Crippen LogP contribution is -2.43. The molecule has 1 unspecified atom stereocenters. The van der Waals surface area contributed by atoms with Gasteiger partial charge in [-0.2, -0.15) is 0 Å². The molecule has 0 heterocycles. The summed E-state index contributed by atoms with van der Waals surface area (Å²) in [6.45, 7) is 12.1. The van der Waals surface area contributed by atoms with Crippen molar-refractivity contribution >= 4 is 15.7 Å². The van der Waals surface area contributed by atoms with Crippen LogP contribution in [-0.2, 0) is 14.6 Å². The van der Waals surface area contributed by atoms with Gasteiger partial charge < -0.3 is 10.0 Å². The predicted molar refractivity (Wildman–Crippen MR) is 85.8 cm³/mol. The van der Waals surface area contributed by atoms with E-state index in [1.807, 2.05) is 27.7 Å². The molecule has 0 radical (unpaired) electrons. The highest BCUT2D eigenvalue weighted by Gasteiger charge is 2.32. The smallest absolute Gasteiger partial charge is 0.237 e. The molecule has 1 amide bonds. The molecule has 1 atom stereocenters. The first-order chi connectivity index (χ1) is 9.51. The lowest BCUT2D eigenvalue weighted by molar-refractivity contribution is -0.129. The van der Waals surface area contributed by atoms with E-state index in [1.54, 1.807) is 18.7 Å². The Morgan fingerprint density at radius 3 is 1.71 bits per heavy atom. The van der Waals surface area contributed by atoms with Gasteiger partial charge in [0, 0.05) is 13.1 Å². The molecule has 0 rings (SSSR count). The fourth-order valence-corrected chi connectivity index (χ4v) is 4.07. The summed E-state index contributed by atoms with van der Waals surface area (Å²) in [5.74, 6) is -0.521. The summed E-state index contributed by atoms with van der Waals surface area (Å²) in [5.41, 5.74) is 0. The van der Waals surface area contributed by atoms with Crippen LogP contribution in [0.1, 0.15) is 41.5 Å². The highest BCUT2D eigenvalue weighted by Crippen LogP contribution is 2.14. The molecule has 126 valence electrons.